The molecule has 0 radical (unpaired) electrons. The number of carbonyl (C=O) groups is 2. The first kappa shape index (κ1) is 23.2. The minimum absolute atomic E-state index is 0.138. The summed E-state index contributed by atoms with van der Waals surface area (Å²) >= 11 is 13.3. The fraction of sp³-hybridized carbons (Fsp3) is 0.273. The van der Waals surface area contributed by atoms with Crippen LogP contribution in [-0.2, 0) is 4.79 Å². The van der Waals surface area contributed by atoms with Crippen molar-refractivity contribution >= 4 is 51.5 Å². The van der Waals surface area contributed by atoms with E-state index in [0.29, 0.717) is 27.3 Å². The number of amides is 2. The van der Waals surface area contributed by atoms with Gasteiger partial charge in [-0.2, -0.15) is 0 Å². The molecule has 1 heterocycles. The van der Waals surface area contributed by atoms with Gasteiger partial charge in [-0.05, 0) is 37.6 Å². The van der Waals surface area contributed by atoms with Crippen LogP contribution < -0.4 is 5.32 Å². The van der Waals surface area contributed by atoms with E-state index in [2.05, 4.69) is 15.5 Å². The lowest BCUT2D eigenvalue weighted by atomic mass is 10.1. The number of carbonyl (C=O) groups excluding carboxylic acids is 2. The molecular weight excluding hydrogens is 455 g/mol. The summed E-state index contributed by atoms with van der Waals surface area (Å²) in [6, 6.07) is 12.7. The van der Waals surface area contributed by atoms with Crippen molar-refractivity contribution in [3.8, 4) is 10.6 Å². The highest BCUT2D eigenvalue weighted by Gasteiger charge is 2.18. The number of aryl methyl sites for hydroxylation is 1. The predicted octanol–water partition coefficient (Wildman–Crippen LogP) is 5.70. The van der Waals surface area contributed by atoms with Gasteiger partial charge in [0.25, 0.3) is 5.91 Å². The monoisotopic (exact) mass is 476 g/mol. The van der Waals surface area contributed by atoms with E-state index in [0.717, 1.165) is 22.6 Å². The Morgan fingerprint density at radius 2 is 1.81 bits per heavy atom. The molecule has 3 rings (SSSR count). The molecule has 2 aromatic carbocycles. The van der Waals surface area contributed by atoms with Gasteiger partial charge in [-0.1, -0.05) is 65.2 Å². The summed E-state index contributed by atoms with van der Waals surface area (Å²) in [6.45, 7) is 4.77. The van der Waals surface area contributed by atoms with Crippen molar-refractivity contribution in [2.45, 2.75) is 26.7 Å². The van der Waals surface area contributed by atoms with Crippen LogP contribution in [0.1, 0.15) is 35.7 Å². The molecule has 0 saturated heterocycles. The van der Waals surface area contributed by atoms with Crippen LogP contribution in [0.4, 0.5) is 5.13 Å². The lowest BCUT2D eigenvalue weighted by Crippen LogP contribution is -2.34. The molecule has 0 atom stereocenters. The first-order valence-corrected chi connectivity index (χ1v) is 11.4. The summed E-state index contributed by atoms with van der Waals surface area (Å²) in [5.41, 5.74) is 2.48. The SMILES string of the molecule is CCCN(CCC(=O)Nc1nnc(-c2cccc(C)c2)s1)C(=O)c1cc(Cl)cc(Cl)c1. The molecule has 0 aliphatic carbocycles. The molecule has 0 saturated carbocycles. The number of nitrogens with zero attached hydrogens (tertiary/aromatic N) is 3. The zero-order valence-corrected chi connectivity index (χ0v) is 19.5. The average Bonchev–Trinajstić information content (AvgIpc) is 3.18. The molecule has 3 aromatic rings. The largest absolute Gasteiger partial charge is 0.338 e. The van der Waals surface area contributed by atoms with Crippen LogP contribution in [0.2, 0.25) is 10.0 Å². The van der Waals surface area contributed by atoms with E-state index >= 15 is 0 Å². The van der Waals surface area contributed by atoms with Gasteiger partial charge in [-0.3, -0.25) is 9.59 Å². The number of benzene rings is 2. The molecule has 31 heavy (non-hydrogen) atoms. The molecule has 1 N–H and O–H groups in total. The first-order valence-electron chi connectivity index (χ1n) is 9.81. The van der Waals surface area contributed by atoms with Gasteiger partial charge in [0.05, 0.1) is 0 Å². The number of hydrogen-bond acceptors (Lipinski definition) is 5. The topological polar surface area (TPSA) is 75.2 Å². The Morgan fingerprint density at radius 3 is 2.48 bits per heavy atom. The third kappa shape index (κ3) is 6.50. The van der Waals surface area contributed by atoms with E-state index in [9.17, 15) is 9.59 Å². The lowest BCUT2D eigenvalue weighted by Gasteiger charge is -2.22. The highest BCUT2D eigenvalue weighted by atomic mass is 35.5. The van der Waals surface area contributed by atoms with E-state index in [1.54, 1.807) is 23.1 Å². The number of anilines is 1. The lowest BCUT2D eigenvalue weighted by molar-refractivity contribution is -0.116. The summed E-state index contributed by atoms with van der Waals surface area (Å²) in [4.78, 5) is 26.9. The molecule has 9 heteroatoms. The minimum atomic E-state index is -0.232. The molecule has 0 spiro atoms. The van der Waals surface area contributed by atoms with E-state index in [1.807, 2.05) is 38.1 Å². The quantitative estimate of drug-likeness (QED) is 0.452. The van der Waals surface area contributed by atoms with Crippen LogP contribution in [-0.4, -0.2) is 40.0 Å². The van der Waals surface area contributed by atoms with E-state index in [-0.39, 0.29) is 24.8 Å². The summed E-state index contributed by atoms with van der Waals surface area (Å²) in [5, 5.41) is 12.9. The van der Waals surface area contributed by atoms with Crippen molar-refractivity contribution < 1.29 is 9.59 Å². The van der Waals surface area contributed by atoms with Gasteiger partial charge >= 0.3 is 0 Å². The van der Waals surface area contributed by atoms with Crippen LogP contribution >= 0.6 is 34.5 Å². The second kappa shape index (κ2) is 10.7. The zero-order valence-electron chi connectivity index (χ0n) is 17.2. The Kier molecular flexibility index (Phi) is 8.01. The summed E-state index contributed by atoms with van der Waals surface area (Å²) in [5.74, 6) is -0.443. The predicted molar refractivity (Wildman–Crippen MR) is 126 cm³/mol. The van der Waals surface area contributed by atoms with Gasteiger partial charge in [0.15, 0.2) is 0 Å². The standard InChI is InChI=1S/C22H22Cl2N4O2S/c1-3-8-28(21(30)16-11-17(23)13-18(24)12-16)9-7-19(29)25-22-27-26-20(31-22)15-6-4-5-14(2)10-15/h4-6,10-13H,3,7-9H2,1-2H3,(H,25,27,29). The molecule has 1 aromatic heterocycles. The number of rotatable bonds is 8. The Balaban J connectivity index is 1.61. The second-order valence-electron chi connectivity index (χ2n) is 7.03. The number of hydrogen-bond donors (Lipinski definition) is 1. The van der Waals surface area contributed by atoms with Crippen molar-refractivity contribution in [2.24, 2.45) is 0 Å². The Hall–Kier alpha value is -2.48. The van der Waals surface area contributed by atoms with Crippen LogP contribution in [0.25, 0.3) is 10.6 Å². The van der Waals surface area contributed by atoms with E-state index in [1.165, 1.54) is 11.3 Å². The maximum Gasteiger partial charge on any atom is 0.253 e. The van der Waals surface area contributed by atoms with Crippen molar-refractivity contribution in [3.05, 3.63) is 63.6 Å². The molecule has 2 amide bonds. The Morgan fingerprint density at radius 1 is 1.06 bits per heavy atom. The van der Waals surface area contributed by atoms with Gasteiger partial charge in [0, 0.05) is 40.7 Å². The van der Waals surface area contributed by atoms with Gasteiger partial charge in [-0.15, -0.1) is 10.2 Å². The van der Waals surface area contributed by atoms with Gasteiger partial charge in [0.2, 0.25) is 11.0 Å². The maximum atomic E-state index is 12.9. The van der Waals surface area contributed by atoms with Crippen molar-refractivity contribution in [3.63, 3.8) is 0 Å². The van der Waals surface area contributed by atoms with Gasteiger partial charge < -0.3 is 10.2 Å². The Bertz CT molecular complexity index is 1070. The number of halogens is 2. The van der Waals surface area contributed by atoms with Crippen LogP contribution in [0.5, 0.6) is 0 Å². The van der Waals surface area contributed by atoms with E-state index < -0.39 is 0 Å². The Labute approximate surface area is 195 Å². The van der Waals surface area contributed by atoms with Gasteiger partial charge in [-0.25, -0.2) is 0 Å². The summed E-state index contributed by atoms with van der Waals surface area (Å²) in [6.07, 6.45) is 0.900. The first-order chi connectivity index (χ1) is 14.9. The fourth-order valence-corrected chi connectivity index (χ4v) is 4.31. The third-order valence-corrected chi connectivity index (χ3v) is 5.76. The number of aromatic nitrogens is 2. The molecule has 0 unspecified atom stereocenters. The molecule has 162 valence electrons. The molecule has 0 aliphatic heterocycles. The minimum Gasteiger partial charge on any atom is -0.338 e. The highest BCUT2D eigenvalue weighted by Crippen LogP contribution is 2.27. The third-order valence-electron chi connectivity index (χ3n) is 4.44. The molecule has 0 bridgehead atoms. The van der Waals surface area contributed by atoms with E-state index in [4.69, 9.17) is 23.2 Å². The smallest absolute Gasteiger partial charge is 0.253 e. The molecule has 6 nitrogen and oxygen atoms in total. The van der Waals surface area contributed by atoms with Crippen LogP contribution in [0.15, 0.2) is 42.5 Å². The zero-order chi connectivity index (χ0) is 22.4. The fourth-order valence-electron chi connectivity index (χ4n) is 3.03. The maximum absolute atomic E-state index is 12.9. The van der Waals surface area contributed by atoms with Crippen LogP contribution in [0.3, 0.4) is 0 Å². The van der Waals surface area contributed by atoms with Crippen molar-refractivity contribution in [1.29, 1.82) is 0 Å². The molecular formula is C22H22Cl2N4O2S. The average molecular weight is 477 g/mol. The molecule has 0 aliphatic rings. The summed E-state index contributed by atoms with van der Waals surface area (Å²) < 4.78 is 0. The number of nitrogens with one attached hydrogen (secondary N) is 1. The second-order valence-corrected chi connectivity index (χ2v) is 8.88. The normalized spacial score (nSPS) is 10.7. The van der Waals surface area contributed by atoms with Crippen molar-refractivity contribution in [1.82, 2.24) is 15.1 Å². The summed E-state index contributed by atoms with van der Waals surface area (Å²) in [7, 11) is 0. The molecule has 0 fully saturated rings. The van der Waals surface area contributed by atoms with Crippen LogP contribution in [0, 0.1) is 6.92 Å². The highest BCUT2D eigenvalue weighted by molar-refractivity contribution is 7.18. The van der Waals surface area contributed by atoms with Crippen molar-refractivity contribution in [2.75, 3.05) is 18.4 Å². The van der Waals surface area contributed by atoms with Gasteiger partial charge in [0.1, 0.15) is 5.01 Å².